The summed E-state index contributed by atoms with van der Waals surface area (Å²) in [6.07, 6.45) is -0.0408. The molecule has 1 N–H and O–H groups in total. The van der Waals surface area contributed by atoms with Crippen molar-refractivity contribution < 1.29 is 9.72 Å². The van der Waals surface area contributed by atoms with Gasteiger partial charge in [-0.15, -0.1) is 0 Å². The Morgan fingerprint density at radius 2 is 2.05 bits per heavy atom. The predicted octanol–water partition coefficient (Wildman–Crippen LogP) is 2.87. The second-order valence-electron chi connectivity index (χ2n) is 4.00. The molecule has 0 aliphatic carbocycles. The van der Waals surface area contributed by atoms with E-state index in [0.717, 1.165) is 0 Å². The van der Waals surface area contributed by atoms with Crippen LogP contribution >= 0.6 is 23.2 Å². The molecule has 1 aromatic heterocycles. The molecule has 108 valence electrons. The van der Waals surface area contributed by atoms with Crippen LogP contribution in [-0.4, -0.2) is 20.8 Å². The number of hydrogen-bond acceptors (Lipinski definition) is 5. The molecule has 0 fully saturated rings. The lowest BCUT2D eigenvalue weighted by Crippen LogP contribution is -2.15. The van der Waals surface area contributed by atoms with Gasteiger partial charge in [0.2, 0.25) is 11.2 Å². The molecule has 0 aliphatic heterocycles. The van der Waals surface area contributed by atoms with E-state index in [4.69, 9.17) is 23.2 Å². The highest BCUT2D eigenvalue weighted by atomic mass is 35.5. The average Bonchev–Trinajstić information content (AvgIpc) is 2.37. The first-order chi connectivity index (χ1) is 9.94. The zero-order valence-corrected chi connectivity index (χ0v) is 11.9. The maximum Gasteiger partial charge on any atom is 0.269 e. The van der Waals surface area contributed by atoms with Crippen LogP contribution in [0.2, 0.25) is 10.4 Å². The van der Waals surface area contributed by atoms with E-state index in [2.05, 4.69) is 15.3 Å². The van der Waals surface area contributed by atoms with Crippen LogP contribution in [-0.2, 0) is 11.2 Å². The quantitative estimate of drug-likeness (QED) is 0.403. The summed E-state index contributed by atoms with van der Waals surface area (Å²) in [6.45, 7) is 0. The van der Waals surface area contributed by atoms with Crippen LogP contribution in [0.5, 0.6) is 0 Å². The van der Waals surface area contributed by atoms with Gasteiger partial charge < -0.3 is 5.32 Å². The van der Waals surface area contributed by atoms with Crippen LogP contribution in [0.25, 0.3) is 0 Å². The number of nitro groups is 1. The molecule has 1 heterocycles. The van der Waals surface area contributed by atoms with Gasteiger partial charge in [-0.25, -0.2) is 9.97 Å². The van der Waals surface area contributed by atoms with Gasteiger partial charge in [0.25, 0.3) is 5.69 Å². The number of nitrogens with zero attached hydrogens (tertiary/aromatic N) is 3. The fourth-order valence-corrected chi connectivity index (χ4v) is 2.02. The Kier molecular flexibility index (Phi) is 4.66. The molecule has 1 aromatic carbocycles. The Morgan fingerprint density at radius 3 is 2.71 bits per heavy atom. The van der Waals surface area contributed by atoms with Gasteiger partial charge in [0, 0.05) is 18.2 Å². The molecule has 0 spiro atoms. The third-order valence-electron chi connectivity index (χ3n) is 2.42. The van der Waals surface area contributed by atoms with Gasteiger partial charge >= 0.3 is 0 Å². The van der Waals surface area contributed by atoms with E-state index in [-0.39, 0.29) is 28.4 Å². The van der Waals surface area contributed by atoms with E-state index in [1.54, 1.807) is 6.07 Å². The third kappa shape index (κ3) is 4.37. The maximum atomic E-state index is 11.9. The zero-order chi connectivity index (χ0) is 15.4. The standard InChI is InChI=1S/C12H8Cl2N4O3/c13-9-6-10(17-12(14)15-9)16-11(19)5-7-2-1-3-8(4-7)18(20)21/h1-4,6H,5H2,(H,15,16,17,19). The molecule has 1 amide bonds. The van der Waals surface area contributed by atoms with Crippen molar-refractivity contribution in [3.05, 3.63) is 56.4 Å². The third-order valence-corrected chi connectivity index (χ3v) is 2.78. The van der Waals surface area contributed by atoms with E-state index in [1.807, 2.05) is 0 Å². The van der Waals surface area contributed by atoms with Crippen LogP contribution < -0.4 is 5.32 Å². The number of carbonyl (C=O) groups excluding carboxylic acids is 1. The number of hydrogen-bond donors (Lipinski definition) is 1. The van der Waals surface area contributed by atoms with Gasteiger partial charge in [-0.3, -0.25) is 14.9 Å². The summed E-state index contributed by atoms with van der Waals surface area (Å²) in [5.41, 5.74) is 0.432. The second-order valence-corrected chi connectivity index (χ2v) is 4.72. The molecule has 7 nitrogen and oxygen atoms in total. The average molecular weight is 327 g/mol. The molecule has 2 rings (SSSR count). The van der Waals surface area contributed by atoms with Crippen molar-refractivity contribution >= 4 is 40.6 Å². The molecule has 21 heavy (non-hydrogen) atoms. The fourth-order valence-electron chi connectivity index (χ4n) is 1.61. The van der Waals surface area contributed by atoms with Crippen LogP contribution in [0.3, 0.4) is 0 Å². The smallest absolute Gasteiger partial charge is 0.269 e. The van der Waals surface area contributed by atoms with E-state index in [1.165, 1.54) is 24.3 Å². The van der Waals surface area contributed by atoms with Crippen molar-refractivity contribution in [3.63, 3.8) is 0 Å². The van der Waals surface area contributed by atoms with Crippen molar-refractivity contribution in [2.24, 2.45) is 0 Å². The number of nitrogens with one attached hydrogen (secondary N) is 1. The number of rotatable bonds is 4. The normalized spacial score (nSPS) is 10.2. The van der Waals surface area contributed by atoms with Crippen molar-refractivity contribution in [2.75, 3.05) is 5.32 Å². The topological polar surface area (TPSA) is 98.0 Å². The van der Waals surface area contributed by atoms with Crippen molar-refractivity contribution in [2.45, 2.75) is 6.42 Å². The Morgan fingerprint density at radius 1 is 1.29 bits per heavy atom. The van der Waals surface area contributed by atoms with Gasteiger partial charge in [-0.05, 0) is 17.2 Å². The molecule has 2 aromatic rings. The summed E-state index contributed by atoms with van der Waals surface area (Å²) < 4.78 is 0. The van der Waals surface area contributed by atoms with Gasteiger partial charge in [0.1, 0.15) is 11.0 Å². The highest BCUT2D eigenvalue weighted by molar-refractivity contribution is 6.32. The SMILES string of the molecule is O=C(Cc1cccc([N+](=O)[O-])c1)Nc1cc(Cl)nc(Cl)n1. The summed E-state index contributed by atoms with van der Waals surface area (Å²) in [4.78, 5) is 29.4. The summed E-state index contributed by atoms with van der Waals surface area (Å²) in [7, 11) is 0. The largest absolute Gasteiger partial charge is 0.310 e. The number of benzene rings is 1. The number of nitro benzene ring substituents is 1. The Bertz CT molecular complexity index is 688. The van der Waals surface area contributed by atoms with Gasteiger partial charge in [-0.1, -0.05) is 23.7 Å². The number of aromatic nitrogens is 2. The first kappa shape index (κ1) is 15.1. The van der Waals surface area contributed by atoms with Crippen molar-refractivity contribution in [1.29, 1.82) is 0 Å². The summed E-state index contributed by atoms with van der Waals surface area (Å²) >= 11 is 11.3. The van der Waals surface area contributed by atoms with Gasteiger partial charge in [0.05, 0.1) is 11.3 Å². The van der Waals surface area contributed by atoms with E-state index < -0.39 is 10.8 Å². The number of halogens is 2. The fraction of sp³-hybridized carbons (Fsp3) is 0.0833. The van der Waals surface area contributed by atoms with Crippen LogP contribution in [0, 0.1) is 10.1 Å². The monoisotopic (exact) mass is 326 g/mol. The molecule has 0 unspecified atom stereocenters. The van der Waals surface area contributed by atoms with Crippen LogP contribution in [0.15, 0.2) is 30.3 Å². The summed E-state index contributed by atoms with van der Waals surface area (Å²) in [5.74, 6) is -0.239. The van der Waals surface area contributed by atoms with Crippen molar-refractivity contribution in [3.8, 4) is 0 Å². The predicted molar refractivity (Wildman–Crippen MR) is 77.5 cm³/mol. The van der Waals surface area contributed by atoms with Gasteiger partial charge in [-0.2, -0.15) is 0 Å². The molecule has 0 radical (unpaired) electrons. The van der Waals surface area contributed by atoms with Crippen molar-refractivity contribution in [1.82, 2.24) is 9.97 Å². The summed E-state index contributed by atoms with van der Waals surface area (Å²) in [6, 6.07) is 7.16. The minimum Gasteiger partial charge on any atom is -0.310 e. The number of anilines is 1. The molecule has 0 saturated heterocycles. The molecular weight excluding hydrogens is 319 g/mol. The molecule has 9 heteroatoms. The Balaban J connectivity index is 2.08. The first-order valence-electron chi connectivity index (χ1n) is 5.67. The number of amides is 1. The highest BCUT2D eigenvalue weighted by Gasteiger charge is 2.10. The maximum absolute atomic E-state index is 11.9. The Labute approximate surface area is 129 Å². The van der Waals surface area contributed by atoms with E-state index >= 15 is 0 Å². The first-order valence-corrected chi connectivity index (χ1v) is 6.43. The van der Waals surface area contributed by atoms with Crippen LogP contribution in [0.4, 0.5) is 11.5 Å². The molecular formula is C12H8Cl2N4O3. The molecule has 0 aliphatic rings. The minimum atomic E-state index is -0.522. The lowest BCUT2D eigenvalue weighted by atomic mass is 10.1. The van der Waals surface area contributed by atoms with Gasteiger partial charge in [0.15, 0.2) is 0 Å². The number of carbonyl (C=O) groups is 1. The molecule has 0 atom stereocenters. The molecule has 0 bridgehead atoms. The number of non-ortho nitro benzene ring substituents is 1. The lowest BCUT2D eigenvalue weighted by Gasteiger charge is -2.05. The zero-order valence-electron chi connectivity index (χ0n) is 10.4. The van der Waals surface area contributed by atoms with Crippen LogP contribution in [0.1, 0.15) is 5.56 Å². The molecule has 0 saturated carbocycles. The Hall–Kier alpha value is -2.25. The minimum absolute atomic E-state index is 0.0408. The highest BCUT2D eigenvalue weighted by Crippen LogP contribution is 2.16. The second kappa shape index (κ2) is 6.47. The lowest BCUT2D eigenvalue weighted by molar-refractivity contribution is -0.384. The van der Waals surface area contributed by atoms with E-state index in [9.17, 15) is 14.9 Å². The summed E-state index contributed by atoms with van der Waals surface area (Å²) in [5, 5.41) is 13.2. The van der Waals surface area contributed by atoms with E-state index in [0.29, 0.717) is 5.56 Å².